The van der Waals surface area contributed by atoms with Crippen molar-refractivity contribution in [2.75, 3.05) is 6.61 Å². The highest BCUT2D eigenvalue weighted by atomic mass is 79.9. The quantitative estimate of drug-likeness (QED) is 0.220. The van der Waals surface area contributed by atoms with Gasteiger partial charge in [0.05, 0.1) is 22.9 Å². The molecule has 4 aromatic carbocycles. The molecule has 0 saturated heterocycles. The second-order valence-electron chi connectivity index (χ2n) is 7.45. The van der Waals surface area contributed by atoms with Gasteiger partial charge in [0.1, 0.15) is 12.4 Å². The van der Waals surface area contributed by atoms with Crippen molar-refractivity contribution in [1.82, 2.24) is 5.43 Å². The molecular formula is C27H23BrN2O4. The molecule has 0 aromatic heterocycles. The maximum Gasteiger partial charge on any atom is 0.275 e. The van der Waals surface area contributed by atoms with Crippen LogP contribution in [0.2, 0.25) is 0 Å². The van der Waals surface area contributed by atoms with E-state index in [2.05, 4.69) is 26.5 Å². The lowest BCUT2D eigenvalue weighted by Gasteiger charge is -2.14. The van der Waals surface area contributed by atoms with Crippen molar-refractivity contribution in [3.05, 3.63) is 100 Å². The van der Waals surface area contributed by atoms with Gasteiger partial charge in [0, 0.05) is 0 Å². The van der Waals surface area contributed by atoms with Crippen LogP contribution in [0.5, 0.6) is 17.2 Å². The number of halogens is 1. The van der Waals surface area contributed by atoms with Gasteiger partial charge in [0.15, 0.2) is 11.5 Å². The number of hydrogen-bond acceptors (Lipinski definition) is 5. The minimum Gasteiger partial charge on any atom is -0.507 e. The first-order valence-corrected chi connectivity index (χ1v) is 11.5. The van der Waals surface area contributed by atoms with Crippen LogP contribution in [0.1, 0.15) is 28.4 Å². The summed E-state index contributed by atoms with van der Waals surface area (Å²) in [7, 11) is 0. The first-order valence-electron chi connectivity index (χ1n) is 10.7. The number of phenols is 1. The van der Waals surface area contributed by atoms with Crippen LogP contribution in [-0.4, -0.2) is 23.8 Å². The Morgan fingerprint density at radius 1 is 1.00 bits per heavy atom. The Hall–Kier alpha value is -3.84. The first kappa shape index (κ1) is 23.3. The molecule has 0 heterocycles. The monoisotopic (exact) mass is 518 g/mol. The number of nitrogens with zero attached hydrogens (tertiary/aromatic N) is 1. The molecule has 0 unspecified atom stereocenters. The Morgan fingerprint density at radius 2 is 1.71 bits per heavy atom. The topological polar surface area (TPSA) is 80.2 Å². The number of hydrazone groups is 1. The number of carbonyl (C=O) groups is 1. The van der Waals surface area contributed by atoms with Crippen LogP contribution in [0, 0.1) is 0 Å². The summed E-state index contributed by atoms with van der Waals surface area (Å²) in [6.45, 7) is 2.76. The number of phenolic OH excluding ortho intramolecular Hbond substituents is 1. The van der Waals surface area contributed by atoms with E-state index in [1.165, 1.54) is 6.21 Å². The first-order chi connectivity index (χ1) is 16.5. The molecule has 172 valence electrons. The van der Waals surface area contributed by atoms with Crippen molar-refractivity contribution in [2.45, 2.75) is 13.5 Å². The van der Waals surface area contributed by atoms with Gasteiger partial charge in [-0.1, -0.05) is 54.6 Å². The van der Waals surface area contributed by atoms with Crippen LogP contribution in [-0.2, 0) is 6.61 Å². The van der Waals surface area contributed by atoms with Crippen molar-refractivity contribution in [3.63, 3.8) is 0 Å². The van der Waals surface area contributed by atoms with E-state index in [0.29, 0.717) is 34.7 Å². The normalized spacial score (nSPS) is 11.0. The summed E-state index contributed by atoms with van der Waals surface area (Å²) < 4.78 is 12.5. The van der Waals surface area contributed by atoms with Gasteiger partial charge >= 0.3 is 0 Å². The van der Waals surface area contributed by atoms with Crippen molar-refractivity contribution >= 4 is 38.8 Å². The smallest absolute Gasteiger partial charge is 0.275 e. The molecule has 0 aliphatic rings. The molecule has 34 heavy (non-hydrogen) atoms. The summed E-state index contributed by atoms with van der Waals surface area (Å²) in [5, 5.41) is 16.0. The SMILES string of the molecule is CCOc1cc(C=NNC(=O)c2cc3ccccc3cc2O)cc(Br)c1OCc1ccccc1. The molecule has 4 rings (SSSR count). The summed E-state index contributed by atoms with van der Waals surface area (Å²) in [5.74, 6) is 0.542. The molecule has 0 fully saturated rings. The van der Waals surface area contributed by atoms with Gasteiger partial charge in [-0.15, -0.1) is 0 Å². The van der Waals surface area contributed by atoms with Gasteiger partial charge in [-0.3, -0.25) is 4.79 Å². The molecule has 0 spiro atoms. The van der Waals surface area contributed by atoms with Crippen molar-refractivity contribution in [3.8, 4) is 17.2 Å². The second-order valence-corrected chi connectivity index (χ2v) is 8.31. The van der Waals surface area contributed by atoms with E-state index in [1.54, 1.807) is 18.2 Å². The van der Waals surface area contributed by atoms with E-state index in [1.807, 2.05) is 67.6 Å². The molecule has 0 saturated carbocycles. The number of carbonyl (C=O) groups excluding carboxylic acids is 1. The zero-order chi connectivity index (χ0) is 23.9. The average Bonchev–Trinajstić information content (AvgIpc) is 2.84. The number of rotatable bonds is 8. The number of fused-ring (bicyclic) bond motifs is 1. The zero-order valence-corrected chi connectivity index (χ0v) is 20.1. The molecule has 0 radical (unpaired) electrons. The summed E-state index contributed by atoms with van der Waals surface area (Å²) >= 11 is 3.54. The molecule has 0 aliphatic heterocycles. The molecular weight excluding hydrogens is 496 g/mol. The van der Waals surface area contributed by atoms with Gasteiger partial charge in [-0.05, 0) is 69.0 Å². The van der Waals surface area contributed by atoms with Gasteiger partial charge in [0.25, 0.3) is 5.91 Å². The highest BCUT2D eigenvalue weighted by Gasteiger charge is 2.14. The third kappa shape index (κ3) is 5.55. The number of benzene rings is 4. The Bertz CT molecular complexity index is 1340. The summed E-state index contributed by atoms with van der Waals surface area (Å²) in [5.41, 5.74) is 4.36. The second kappa shape index (κ2) is 10.9. The molecule has 0 bridgehead atoms. The Balaban J connectivity index is 1.49. The number of aromatic hydroxyl groups is 1. The van der Waals surface area contributed by atoms with Gasteiger partial charge in [-0.2, -0.15) is 5.10 Å². The predicted molar refractivity (Wildman–Crippen MR) is 137 cm³/mol. The lowest BCUT2D eigenvalue weighted by molar-refractivity contribution is 0.0952. The van der Waals surface area contributed by atoms with Crippen molar-refractivity contribution in [2.24, 2.45) is 5.10 Å². The van der Waals surface area contributed by atoms with E-state index >= 15 is 0 Å². The highest BCUT2D eigenvalue weighted by Crippen LogP contribution is 2.37. The lowest BCUT2D eigenvalue weighted by atomic mass is 10.1. The molecule has 0 aliphatic carbocycles. The highest BCUT2D eigenvalue weighted by molar-refractivity contribution is 9.10. The molecule has 7 heteroatoms. The Kier molecular flexibility index (Phi) is 7.44. The number of nitrogens with one attached hydrogen (secondary N) is 1. The van der Waals surface area contributed by atoms with Crippen LogP contribution in [0.4, 0.5) is 0 Å². The van der Waals surface area contributed by atoms with Crippen LogP contribution in [0.3, 0.4) is 0 Å². The molecule has 6 nitrogen and oxygen atoms in total. The molecule has 1 amide bonds. The number of ether oxygens (including phenoxy) is 2. The minimum atomic E-state index is -0.508. The Morgan fingerprint density at radius 3 is 2.44 bits per heavy atom. The number of amides is 1. The van der Waals surface area contributed by atoms with E-state index in [0.717, 1.165) is 16.3 Å². The van der Waals surface area contributed by atoms with Crippen LogP contribution >= 0.6 is 15.9 Å². The summed E-state index contributed by atoms with van der Waals surface area (Å²) in [4.78, 5) is 12.6. The summed E-state index contributed by atoms with van der Waals surface area (Å²) in [6.07, 6.45) is 1.50. The molecule has 2 N–H and O–H groups in total. The average molecular weight is 519 g/mol. The number of hydrogen-bond donors (Lipinski definition) is 2. The third-order valence-electron chi connectivity index (χ3n) is 5.05. The minimum absolute atomic E-state index is 0.104. The summed E-state index contributed by atoms with van der Waals surface area (Å²) in [6, 6.07) is 24.2. The van der Waals surface area contributed by atoms with Crippen LogP contribution in [0.25, 0.3) is 10.8 Å². The van der Waals surface area contributed by atoms with Crippen LogP contribution < -0.4 is 14.9 Å². The standard InChI is InChI=1S/C27H23BrN2O4/c1-2-33-25-13-19(12-23(28)26(25)34-17-18-8-4-3-5-9-18)16-29-30-27(32)22-14-20-10-6-7-11-21(20)15-24(22)31/h3-16,31H,2,17H2,1H3,(H,30,32). The fourth-order valence-electron chi connectivity index (χ4n) is 3.43. The molecule has 4 aromatic rings. The maximum atomic E-state index is 12.6. The third-order valence-corrected chi connectivity index (χ3v) is 5.64. The molecule has 0 atom stereocenters. The van der Waals surface area contributed by atoms with Crippen LogP contribution in [0.15, 0.2) is 88.4 Å². The van der Waals surface area contributed by atoms with E-state index < -0.39 is 5.91 Å². The zero-order valence-electron chi connectivity index (χ0n) is 18.5. The van der Waals surface area contributed by atoms with Gasteiger partial charge in [0.2, 0.25) is 0 Å². The predicted octanol–water partition coefficient (Wildman–Crippen LogP) is 6.05. The van der Waals surface area contributed by atoms with E-state index in [-0.39, 0.29) is 11.3 Å². The van der Waals surface area contributed by atoms with E-state index in [9.17, 15) is 9.90 Å². The van der Waals surface area contributed by atoms with Gasteiger partial charge < -0.3 is 14.6 Å². The fraction of sp³-hybridized carbons (Fsp3) is 0.111. The lowest BCUT2D eigenvalue weighted by Crippen LogP contribution is -2.17. The fourth-order valence-corrected chi connectivity index (χ4v) is 4.01. The van der Waals surface area contributed by atoms with Gasteiger partial charge in [-0.25, -0.2) is 5.43 Å². The Labute approximate surface area is 206 Å². The van der Waals surface area contributed by atoms with E-state index in [4.69, 9.17) is 9.47 Å². The van der Waals surface area contributed by atoms with Crippen molar-refractivity contribution < 1.29 is 19.4 Å². The van der Waals surface area contributed by atoms with Crippen molar-refractivity contribution in [1.29, 1.82) is 0 Å². The largest absolute Gasteiger partial charge is 0.507 e. The maximum absolute atomic E-state index is 12.6.